The number of carboxylic acids is 1. The van der Waals surface area contributed by atoms with Crippen molar-refractivity contribution in [3.8, 4) is 0 Å². The highest BCUT2D eigenvalue weighted by Crippen LogP contribution is 2.22. The van der Waals surface area contributed by atoms with E-state index < -0.39 is 5.97 Å². The molecular weight excluding hydrogens is 256 g/mol. The zero-order chi connectivity index (χ0) is 14.5. The standard InChI is InChI=1S/C15H20N2O3/c1-11-6-2-3-8-13(11)16-15(20)17-9-5-4-7-12(17)10-14(18)19/h2-3,6,8,12H,4-5,7,9-10H2,1H3,(H,16,20)(H,18,19). The van der Waals surface area contributed by atoms with Crippen LogP contribution in [0.3, 0.4) is 0 Å². The highest BCUT2D eigenvalue weighted by Gasteiger charge is 2.28. The summed E-state index contributed by atoms with van der Waals surface area (Å²) >= 11 is 0. The fourth-order valence-corrected chi connectivity index (χ4v) is 2.58. The van der Waals surface area contributed by atoms with Crippen LogP contribution in [-0.2, 0) is 4.79 Å². The number of carbonyl (C=O) groups is 2. The summed E-state index contributed by atoms with van der Waals surface area (Å²) in [4.78, 5) is 24.9. The molecule has 0 bridgehead atoms. The first kappa shape index (κ1) is 14.4. The van der Waals surface area contributed by atoms with Crippen molar-refractivity contribution in [2.24, 2.45) is 0 Å². The number of hydrogen-bond donors (Lipinski definition) is 2. The third-order valence-electron chi connectivity index (χ3n) is 3.68. The lowest BCUT2D eigenvalue weighted by atomic mass is 10.00. The number of para-hydroxylation sites is 1. The van der Waals surface area contributed by atoms with Gasteiger partial charge < -0.3 is 15.3 Å². The Morgan fingerprint density at radius 3 is 2.80 bits per heavy atom. The normalized spacial score (nSPS) is 18.6. The summed E-state index contributed by atoms with van der Waals surface area (Å²) < 4.78 is 0. The number of nitrogens with one attached hydrogen (secondary N) is 1. The van der Waals surface area contributed by atoms with E-state index in [1.165, 1.54) is 0 Å². The Hall–Kier alpha value is -2.04. The van der Waals surface area contributed by atoms with Crippen LogP contribution >= 0.6 is 0 Å². The van der Waals surface area contributed by atoms with Gasteiger partial charge >= 0.3 is 12.0 Å². The molecule has 1 aliphatic heterocycles. The number of hydrogen-bond acceptors (Lipinski definition) is 2. The fourth-order valence-electron chi connectivity index (χ4n) is 2.58. The Balaban J connectivity index is 2.06. The Bertz CT molecular complexity index is 502. The maximum atomic E-state index is 12.3. The molecule has 0 aliphatic carbocycles. The van der Waals surface area contributed by atoms with Crippen LogP contribution in [0, 0.1) is 6.92 Å². The number of aliphatic carboxylic acids is 1. The third kappa shape index (κ3) is 3.50. The van der Waals surface area contributed by atoms with Crippen molar-refractivity contribution in [2.75, 3.05) is 11.9 Å². The quantitative estimate of drug-likeness (QED) is 0.891. The summed E-state index contributed by atoms with van der Waals surface area (Å²) in [7, 11) is 0. The molecule has 1 fully saturated rings. The van der Waals surface area contributed by atoms with E-state index in [1.54, 1.807) is 4.90 Å². The van der Waals surface area contributed by atoms with Crippen LogP contribution in [0.2, 0.25) is 0 Å². The summed E-state index contributed by atoms with van der Waals surface area (Å²) in [5, 5.41) is 11.8. The molecule has 108 valence electrons. The van der Waals surface area contributed by atoms with Crippen LogP contribution in [0.1, 0.15) is 31.2 Å². The molecule has 0 aromatic heterocycles. The second-order valence-electron chi connectivity index (χ2n) is 5.19. The molecule has 1 aromatic rings. The summed E-state index contributed by atoms with van der Waals surface area (Å²) in [6.07, 6.45) is 2.68. The summed E-state index contributed by atoms with van der Waals surface area (Å²) in [5.74, 6) is -0.856. The molecule has 2 rings (SSSR count). The van der Waals surface area contributed by atoms with E-state index in [4.69, 9.17) is 5.11 Å². The van der Waals surface area contributed by atoms with Gasteiger partial charge in [0.1, 0.15) is 0 Å². The molecule has 0 radical (unpaired) electrons. The lowest BCUT2D eigenvalue weighted by Crippen LogP contribution is -2.46. The van der Waals surface area contributed by atoms with E-state index in [0.717, 1.165) is 30.5 Å². The summed E-state index contributed by atoms with van der Waals surface area (Å²) in [5.41, 5.74) is 1.77. The number of urea groups is 1. The smallest absolute Gasteiger partial charge is 0.322 e. The third-order valence-corrected chi connectivity index (χ3v) is 3.68. The Labute approximate surface area is 118 Å². The number of amides is 2. The molecule has 0 saturated carbocycles. The molecule has 2 N–H and O–H groups in total. The molecular formula is C15H20N2O3. The average Bonchev–Trinajstić information content (AvgIpc) is 2.41. The van der Waals surface area contributed by atoms with Gasteiger partial charge in [-0.15, -0.1) is 0 Å². The molecule has 0 spiro atoms. The van der Waals surface area contributed by atoms with Gasteiger partial charge in [-0.05, 0) is 37.8 Å². The Morgan fingerprint density at radius 2 is 2.10 bits per heavy atom. The predicted molar refractivity (Wildman–Crippen MR) is 76.8 cm³/mol. The molecule has 2 amide bonds. The lowest BCUT2D eigenvalue weighted by Gasteiger charge is -2.35. The van der Waals surface area contributed by atoms with E-state index in [1.807, 2.05) is 31.2 Å². The molecule has 1 aliphatic rings. The van der Waals surface area contributed by atoms with Crippen molar-refractivity contribution < 1.29 is 14.7 Å². The zero-order valence-electron chi connectivity index (χ0n) is 11.6. The molecule has 5 heteroatoms. The van der Waals surface area contributed by atoms with Crippen molar-refractivity contribution in [1.82, 2.24) is 4.90 Å². The number of nitrogens with zero attached hydrogens (tertiary/aromatic N) is 1. The number of likely N-dealkylation sites (tertiary alicyclic amines) is 1. The number of aryl methyl sites for hydroxylation is 1. The molecule has 1 aromatic carbocycles. The van der Waals surface area contributed by atoms with Crippen molar-refractivity contribution >= 4 is 17.7 Å². The Morgan fingerprint density at radius 1 is 1.35 bits per heavy atom. The van der Waals surface area contributed by atoms with Crippen molar-refractivity contribution in [2.45, 2.75) is 38.6 Å². The number of benzene rings is 1. The second-order valence-corrected chi connectivity index (χ2v) is 5.19. The minimum Gasteiger partial charge on any atom is -0.481 e. The number of carboxylic acid groups (broad SMARTS) is 1. The lowest BCUT2D eigenvalue weighted by molar-refractivity contribution is -0.138. The van der Waals surface area contributed by atoms with Gasteiger partial charge in [0, 0.05) is 18.3 Å². The van der Waals surface area contributed by atoms with E-state index in [0.29, 0.717) is 6.54 Å². The molecule has 20 heavy (non-hydrogen) atoms. The molecule has 5 nitrogen and oxygen atoms in total. The van der Waals surface area contributed by atoms with Crippen LogP contribution in [-0.4, -0.2) is 34.6 Å². The minimum atomic E-state index is -0.856. The first-order valence-corrected chi connectivity index (χ1v) is 6.93. The van der Waals surface area contributed by atoms with Crippen molar-refractivity contribution in [3.05, 3.63) is 29.8 Å². The van der Waals surface area contributed by atoms with Crippen LogP contribution in [0.15, 0.2) is 24.3 Å². The van der Waals surface area contributed by atoms with E-state index in [2.05, 4.69) is 5.32 Å². The van der Waals surface area contributed by atoms with Crippen LogP contribution in [0.4, 0.5) is 10.5 Å². The van der Waals surface area contributed by atoms with Crippen molar-refractivity contribution in [3.63, 3.8) is 0 Å². The zero-order valence-corrected chi connectivity index (χ0v) is 11.6. The summed E-state index contributed by atoms with van der Waals surface area (Å²) in [6.45, 7) is 2.55. The molecule has 1 unspecified atom stereocenters. The Kier molecular flexibility index (Phi) is 4.61. The largest absolute Gasteiger partial charge is 0.481 e. The van der Waals surface area contributed by atoms with Crippen LogP contribution < -0.4 is 5.32 Å². The number of piperidine rings is 1. The number of carbonyl (C=O) groups excluding carboxylic acids is 1. The van der Waals surface area contributed by atoms with Gasteiger partial charge in [0.25, 0.3) is 0 Å². The average molecular weight is 276 g/mol. The fraction of sp³-hybridized carbons (Fsp3) is 0.467. The van der Waals surface area contributed by atoms with Gasteiger partial charge in [-0.25, -0.2) is 4.79 Å². The SMILES string of the molecule is Cc1ccccc1NC(=O)N1CCCCC1CC(=O)O. The van der Waals surface area contributed by atoms with Crippen LogP contribution in [0.5, 0.6) is 0 Å². The molecule has 1 atom stereocenters. The first-order valence-electron chi connectivity index (χ1n) is 6.93. The number of anilines is 1. The summed E-state index contributed by atoms with van der Waals surface area (Å²) in [6, 6.07) is 7.16. The first-order chi connectivity index (χ1) is 9.58. The van der Waals surface area contributed by atoms with E-state index in [-0.39, 0.29) is 18.5 Å². The highest BCUT2D eigenvalue weighted by atomic mass is 16.4. The topological polar surface area (TPSA) is 69.6 Å². The van der Waals surface area contributed by atoms with Gasteiger partial charge in [-0.1, -0.05) is 18.2 Å². The highest BCUT2D eigenvalue weighted by molar-refractivity contribution is 5.90. The maximum absolute atomic E-state index is 12.3. The maximum Gasteiger partial charge on any atom is 0.322 e. The van der Waals surface area contributed by atoms with Gasteiger partial charge in [0.15, 0.2) is 0 Å². The molecule has 1 saturated heterocycles. The number of rotatable bonds is 3. The van der Waals surface area contributed by atoms with Crippen LogP contribution in [0.25, 0.3) is 0 Å². The van der Waals surface area contributed by atoms with Gasteiger partial charge in [-0.3, -0.25) is 4.79 Å². The monoisotopic (exact) mass is 276 g/mol. The van der Waals surface area contributed by atoms with E-state index in [9.17, 15) is 9.59 Å². The predicted octanol–water partition coefficient (Wildman–Crippen LogP) is 2.86. The molecule has 1 heterocycles. The van der Waals surface area contributed by atoms with Gasteiger partial charge in [0.05, 0.1) is 6.42 Å². The van der Waals surface area contributed by atoms with E-state index >= 15 is 0 Å². The van der Waals surface area contributed by atoms with Gasteiger partial charge in [0.2, 0.25) is 0 Å². The minimum absolute atomic E-state index is 0.0151. The second kappa shape index (κ2) is 6.41. The van der Waals surface area contributed by atoms with Gasteiger partial charge in [-0.2, -0.15) is 0 Å². The van der Waals surface area contributed by atoms with Crippen molar-refractivity contribution in [1.29, 1.82) is 0 Å².